The molecule has 2 atom stereocenters. The van der Waals surface area contributed by atoms with Crippen LogP contribution >= 0.6 is 11.6 Å². The first-order chi connectivity index (χ1) is 7.20. The van der Waals surface area contributed by atoms with Gasteiger partial charge in [-0.3, -0.25) is 0 Å². The maximum Gasteiger partial charge on any atom is 0.0957 e. The van der Waals surface area contributed by atoms with Gasteiger partial charge in [0.15, 0.2) is 0 Å². The molecular formula is C11H17ClN2O. The number of hydrogen-bond acceptors (Lipinski definition) is 3. The largest absolute Gasteiger partial charge is 0.387 e. The van der Waals surface area contributed by atoms with Crippen molar-refractivity contribution < 1.29 is 5.11 Å². The summed E-state index contributed by atoms with van der Waals surface area (Å²) < 4.78 is 0. The molecule has 1 aromatic carbocycles. The molecule has 0 radical (unpaired) electrons. The van der Waals surface area contributed by atoms with Crippen molar-refractivity contribution >= 4 is 11.6 Å². The fraction of sp³-hybridized carbons (Fsp3) is 0.455. The van der Waals surface area contributed by atoms with Crippen molar-refractivity contribution in [3.05, 3.63) is 34.9 Å². The molecule has 0 aromatic heterocycles. The normalized spacial score (nSPS) is 14.9. The monoisotopic (exact) mass is 228 g/mol. The lowest BCUT2D eigenvalue weighted by Gasteiger charge is -2.22. The zero-order chi connectivity index (χ0) is 11.3. The fourth-order valence-corrected chi connectivity index (χ4v) is 1.82. The number of aliphatic hydroxyl groups is 1. The standard InChI is InChI=1S/C11H17ClN2O/c1-14-10(6-7-13)11(15)8-4-2-3-5-9(8)12/h2-5,10-11,14-15H,6-7,13H2,1H3. The number of hydrogen-bond donors (Lipinski definition) is 3. The number of nitrogens with two attached hydrogens (primary N) is 1. The van der Waals surface area contributed by atoms with E-state index in [0.717, 1.165) is 5.56 Å². The highest BCUT2D eigenvalue weighted by Gasteiger charge is 2.20. The van der Waals surface area contributed by atoms with Crippen LogP contribution in [0.1, 0.15) is 18.1 Å². The van der Waals surface area contributed by atoms with E-state index in [2.05, 4.69) is 5.32 Å². The molecule has 3 nitrogen and oxygen atoms in total. The van der Waals surface area contributed by atoms with Crippen LogP contribution in [0.15, 0.2) is 24.3 Å². The first kappa shape index (κ1) is 12.5. The molecule has 0 aliphatic heterocycles. The highest BCUT2D eigenvalue weighted by molar-refractivity contribution is 6.31. The summed E-state index contributed by atoms with van der Waals surface area (Å²) >= 11 is 6.00. The van der Waals surface area contributed by atoms with Crippen LogP contribution < -0.4 is 11.1 Å². The molecule has 15 heavy (non-hydrogen) atoms. The number of rotatable bonds is 5. The molecule has 0 aliphatic rings. The van der Waals surface area contributed by atoms with Crippen LogP contribution in [0.5, 0.6) is 0 Å². The van der Waals surface area contributed by atoms with Gasteiger partial charge in [0, 0.05) is 16.6 Å². The summed E-state index contributed by atoms with van der Waals surface area (Å²) in [5, 5.41) is 13.7. The first-order valence-electron chi connectivity index (χ1n) is 5.00. The van der Waals surface area contributed by atoms with Gasteiger partial charge in [-0.15, -0.1) is 0 Å². The van der Waals surface area contributed by atoms with E-state index in [1.165, 1.54) is 0 Å². The van der Waals surface area contributed by atoms with E-state index in [1.807, 2.05) is 18.2 Å². The Hall–Kier alpha value is -0.610. The van der Waals surface area contributed by atoms with Gasteiger partial charge < -0.3 is 16.2 Å². The highest BCUT2D eigenvalue weighted by atomic mass is 35.5. The number of nitrogens with one attached hydrogen (secondary N) is 1. The Kier molecular flexibility index (Phi) is 5.05. The first-order valence-corrected chi connectivity index (χ1v) is 5.38. The molecule has 1 rings (SSSR count). The van der Waals surface area contributed by atoms with Crippen molar-refractivity contribution in [3.8, 4) is 0 Å². The Balaban J connectivity index is 2.82. The minimum atomic E-state index is -0.618. The summed E-state index contributed by atoms with van der Waals surface area (Å²) in [5.74, 6) is 0. The Bertz CT molecular complexity index is 306. The van der Waals surface area contributed by atoms with E-state index in [-0.39, 0.29) is 6.04 Å². The third kappa shape index (κ3) is 3.18. The molecule has 0 saturated heterocycles. The Morgan fingerprint density at radius 3 is 2.67 bits per heavy atom. The average Bonchev–Trinajstić information content (AvgIpc) is 2.25. The highest BCUT2D eigenvalue weighted by Crippen LogP contribution is 2.25. The van der Waals surface area contributed by atoms with Crippen LogP contribution in [0, 0.1) is 0 Å². The minimum absolute atomic E-state index is 0.0603. The van der Waals surface area contributed by atoms with Gasteiger partial charge >= 0.3 is 0 Å². The molecule has 84 valence electrons. The summed E-state index contributed by atoms with van der Waals surface area (Å²) in [6.07, 6.45) is 0.0929. The molecule has 0 fully saturated rings. The Morgan fingerprint density at radius 2 is 2.13 bits per heavy atom. The molecule has 0 aliphatic carbocycles. The molecule has 0 bridgehead atoms. The molecule has 1 aromatic rings. The smallest absolute Gasteiger partial charge is 0.0957 e. The van der Waals surface area contributed by atoms with Crippen LogP contribution in [0.2, 0.25) is 5.02 Å². The molecule has 2 unspecified atom stereocenters. The van der Waals surface area contributed by atoms with E-state index in [0.29, 0.717) is 18.0 Å². The maximum absolute atomic E-state index is 10.1. The van der Waals surface area contributed by atoms with Gasteiger partial charge in [-0.05, 0) is 26.1 Å². The zero-order valence-electron chi connectivity index (χ0n) is 8.78. The minimum Gasteiger partial charge on any atom is -0.387 e. The lowest BCUT2D eigenvalue weighted by molar-refractivity contribution is 0.129. The predicted octanol–water partition coefficient (Wildman–Crippen LogP) is 1.31. The fourth-order valence-electron chi connectivity index (χ4n) is 1.57. The second kappa shape index (κ2) is 6.08. The third-order valence-corrected chi connectivity index (χ3v) is 2.80. The maximum atomic E-state index is 10.1. The van der Waals surface area contributed by atoms with Crippen molar-refractivity contribution in [2.24, 2.45) is 5.73 Å². The second-order valence-corrected chi connectivity index (χ2v) is 3.85. The predicted molar refractivity (Wildman–Crippen MR) is 62.9 cm³/mol. The molecule has 0 amide bonds. The molecule has 0 spiro atoms. The van der Waals surface area contributed by atoms with Crippen LogP contribution in [0.25, 0.3) is 0 Å². The second-order valence-electron chi connectivity index (χ2n) is 3.44. The van der Waals surface area contributed by atoms with Crippen molar-refractivity contribution in [2.75, 3.05) is 13.6 Å². The molecule has 4 N–H and O–H groups in total. The van der Waals surface area contributed by atoms with Gasteiger partial charge in [0.25, 0.3) is 0 Å². The van der Waals surface area contributed by atoms with Crippen molar-refractivity contribution in [1.82, 2.24) is 5.32 Å². The Labute approximate surface area is 95.2 Å². The SMILES string of the molecule is CNC(CCN)C(O)c1ccccc1Cl. The van der Waals surface area contributed by atoms with E-state index >= 15 is 0 Å². The topological polar surface area (TPSA) is 58.3 Å². The van der Waals surface area contributed by atoms with Gasteiger partial charge in [-0.2, -0.15) is 0 Å². The third-order valence-electron chi connectivity index (χ3n) is 2.45. The summed E-state index contributed by atoms with van der Waals surface area (Å²) in [5.41, 5.74) is 6.22. The average molecular weight is 229 g/mol. The van der Waals surface area contributed by atoms with Crippen LogP contribution in [0.4, 0.5) is 0 Å². The molecular weight excluding hydrogens is 212 g/mol. The summed E-state index contributed by atoms with van der Waals surface area (Å²) in [4.78, 5) is 0. The van der Waals surface area contributed by atoms with Gasteiger partial charge in [0.2, 0.25) is 0 Å². The van der Waals surface area contributed by atoms with Crippen LogP contribution in [-0.4, -0.2) is 24.7 Å². The van der Waals surface area contributed by atoms with E-state index in [4.69, 9.17) is 17.3 Å². The van der Waals surface area contributed by atoms with Gasteiger partial charge in [0.05, 0.1) is 6.10 Å². The number of halogens is 1. The van der Waals surface area contributed by atoms with Crippen molar-refractivity contribution in [3.63, 3.8) is 0 Å². The zero-order valence-corrected chi connectivity index (χ0v) is 9.54. The van der Waals surface area contributed by atoms with Gasteiger partial charge in [0.1, 0.15) is 0 Å². The number of aliphatic hydroxyl groups excluding tert-OH is 1. The summed E-state index contributed by atoms with van der Waals surface area (Å²) in [6, 6.07) is 7.24. The van der Waals surface area contributed by atoms with E-state index in [1.54, 1.807) is 13.1 Å². The number of benzene rings is 1. The van der Waals surface area contributed by atoms with E-state index in [9.17, 15) is 5.11 Å². The molecule has 4 heteroatoms. The number of likely N-dealkylation sites (N-methyl/N-ethyl adjacent to an activating group) is 1. The molecule has 0 heterocycles. The summed E-state index contributed by atoms with van der Waals surface area (Å²) in [6.45, 7) is 0.535. The lowest BCUT2D eigenvalue weighted by Crippen LogP contribution is -2.34. The van der Waals surface area contributed by atoms with Crippen molar-refractivity contribution in [1.29, 1.82) is 0 Å². The Morgan fingerprint density at radius 1 is 1.47 bits per heavy atom. The van der Waals surface area contributed by atoms with Gasteiger partial charge in [-0.1, -0.05) is 29.8 Å². The summed E-state index contributed by atoms with van der Waals surface area (Å²) in [7, 11) is 1.81. The van der Waals surface area contributed by atoms with Crippen LogP contribution in [0.3, 0.4) is 0 Å². The molecule has 0 saturated carbocycles. The quantitative estimate of drug-likeness (QED) is 0.712. The lowest BCUT2D eigenvalue weighted by atomic mass is 10.00. The van der Waals surface area contributed by atoms with Crippen LogP contribution in [-0.2, 0) is 0 Å². The van der Waals surface area contributed by atoms with Crippen molar-refractivity contribution in [2.45, 2.75) is 18.6 Å². The van der Waals surface area contributed by atoms with E-state index < -0.39 is 6.10 Å². The van der Waals surface area contributed by atoms with Gasteiger partial charge in [-0.25, -0.2) is 0 Å².